The van der Waals surface area contributed by atoms with Gasteiger partial charge < -0.3 is 14.6 Å². The Morgan fingerprint density at radius 1 is 1.53 bits per heavy atom. The standard InChI is InChI=1S/C12H15FO4/c1-4-17-12(15)10(14)8-5-7(2)11(16-3)9(13)6-8/h5-6,10,14H,4H2,1-3H3. The van der Waals surface area contributed by atoms with Gasteiger partial charge in [-0.3, -0.25) is 0 Å². The zero-order valence-electron chi connectivity index (χ0n) is 9.99. The third kappa shape index (κ3) is 2.94. The number of aryl methyl sites for hydroxylation is 1. The van der Waals surface area contributed by atoms with Crippen molar-refractivity contribution in [2.45, 2.75) is 20.0 Å². The zero-order chi connectivity index (χ0) is 13.0. The summed E-state index contributed by atoms with van der Waals surface area (Å²) in [7, 11) is 1.35. The number of aliphatic hydroxyl groups excluding tert-OH is 1. The van der Waals surface area contributed by atoms with E-state index in [9.17, 15) is 14.3 Å². The molecule has 17 heavy (non-hydrogen) atoms. The molecule has 0 aliphatic heterocycles. The highest BCUT2D eigenvalue weighted by molar-refractivity contribution is 5.76. The molecule has 0 aliphatic carbocycles. The van der Waals surface area contributed by atoms with Gasteiger partial charge in [0.1, 0.15) is 0 Å². The molecule has 1 rings (SSSR count). The van der Waals surface area contributed by atoms with Gasteiger partial charge in [-0.15, -0.1) is 0 Å². The van der Waals surface area contributed by atoms with Gasteiger partial charge in [0.2, 0.25) is 0 Å². The lowest BCUT2D eigenvalue weighted by molar-refractivity contribution is -0.153. The van der Waals surface area contributed by atoms with Crippen molar-refractivity contribution in [3.8, 4) is 5.75 Å². The molecule has 0 fully saturated rings. The van der Waals surface area contributed by atoms with Gasteiger partial charge in [0, 0.05) is 0 Å². The Hall–Kier alpha value is -1.62. The van der Waals surface area contributed by atoms with Crippen LogP contribution in [0.3, 0.4) is 0 Å². The summed E-state index contributed by atoms with van der Waals surface area (Å²) in [5.74, 6) is -1.31. The first-order valence-corrected chi connectivity index (χ1v) is 5.20. The lowest BCUT2D eigenvalue weighted by atomic mass is 10.1. The molecule has 5 heteroatoms. The summed E-state index contributed by atoms with van der Waals surface area (Å²) in [5, 5.41) is 9.65. The third-order valence-electron chi connectivity index (χ3n) is 2.28. The Kier molecular flexibility index (Phi) is 4.45. The van der Waals surface area contributed by atoms with Crippen molar-refractivity contribution in [1.29, 1.82) is 0 Å². The number of carbonyl (C=O) groups is 1. The molecule has 1 aromatic rings. The van der Waals surface area contributed by atoms with Gasteiger partial charge in [-0.25, -0.2) is 9.18 Å². The van der Waals surface area contributed by atoms with Gasteiger partial charge in [0.15, 0.2) is 17.7 Å². The molecule has 0 spiro atoms. The van der Waals surface area contributed by atoms with Crippen molar-refractivity contribution < 1.29 is 23.8 Å². The first-order valence-electron chi connectivity index (χ1n) is 5.20. The van der Waals surface area contributed by atoms with Crippen LogP contribution >= 0.6 is 0 Å². The van der Waals surface area contributed by atoms with Crippen LogP contribution in [0.5, 0.6) is 5.75 Å². The number of methoxy groups -OCH3 is 1. The largest absolute Gasteiger partial charge is 0.493 e. The lowest BCUT2D eigenvalue weighted by Crippen LogP contribution is -2.15. The van der Waals surface area contributed by atoms with E-state index in [4.69, 9.17) is 4.74 Å². The molecule has 1 aromatic carbocycles. The maximum Gasteiger partial charge on any atom is 0.339 e. The minimum atomic E-state index is -1.48. The van der Waals surface area contributed by atoms with E-state index in [2.05, 4.69) is 4.74 Å². The number of hydrogen-bond donors (Lipinski definition) is 1. The number of hydrogen-bond acceptors (Lipinski definition) is 4. The van der Waals surface area contributed by atoms with E-state index in [1.54, 1.807) is 13.8 Å². The van der Waals surface area contributed by atoms with Gasteiger partial charge in [-0.05, 0) is 37.1 Å². The van der Waals surface area contributed by atoms with Crippen molar-refractivity contribution in [3.63, 3.8) is 0 Å². The Bertz CT molecular complexity index is 394. The molecule has 0 radical (unpaired) electrons. The van der Waals surface area contributed by atoms with Crippen molar-refractivity contribution >= 4 is 5.97 Å². The van der Waals surface area contributed by atoms with E-state index in [0.717, 1.165) is 6.07 Å². The van der Waals surface area contributed by atoms with E-state index in [0.29, 0.717) is 5.56 Å². The van der Waals surface area contributed by atoms with Crippen LogP contribution < -0.4 is 4.74 Å². The molecule has 0 aliphatic rings. The van der Waals surface area contributed by atoms with Gasteiger partial charge in [-0.1, -0.05) is 0 Å². The summed E-state index contributed by atoms with van der Waals surface area (Å²) in [4.78, 5) is 11.3. The molecular formula is C12H15FO4. The Morgan fingerprint density at radius 3 is 2.65 bits per heavy atom. The Labute approximate surface area is 99.0 Å². The average Bonchev–Trinajstić information content (AvgIpc) is 2.27. The fourth-order valence-electron chi connectivity index (χ4n) is 1.53. The number of rotatable bonds is 4. The predicted molar refractivity (Wildman–Crippen MR) is 59.3 cm³/mol. The van der Waals surface area contributed by atoms with E-state index in [-0.39, 0.29) is 17.9 Å². The first kappa shape index (κ1) is 13.4. The van der Waals surface area contributed by atoms with Crippen molar-refractivity contribution in [1.82, 2.24) is 0 Å². The Morgan fingerprint density at radius 2 is 2.18 bits per heavy atom. The average molecular weight is 242 g/mol. The maximum absolute atomic E-state index is 13.5. The zero-order valence-corrected chi connectivity index (χ0v) is 9.99. The van der Waals surface area contributed by atoms with E-state index in [1.165, 1.54) is 13.2 Å². The Balaban J connectivity index is 3.04. The van der Waals surface area contributed by atoms with Gasteiger partial charge in [0.25, 0.3) is 0 Å². The normalized spacial score (nSPS) is 12.1. The number of carbonyl (C=O) groups excluding carboxylic acids is 1. The lowest BCUT2D eigenvalue weighted by Gasteiger charge is -2.13. The topological polar surface area (TPSA) is 55.8 Å². The quantitative estimate of drug-likeness (QED) is 0.817. The predicted octanol–water partition coefficient (Wildman–Crippen LogP) is 1.74. The highest BCUT2D eigenvalue weighted by atomic mass is 19.1. The number of esters is 1. The summed E-state index contributed by atoms with van der Waals surface area (Å²) in [6.45, 7) is 3.42. The van der Waals surface area contributed by atoms with Crippen LogP contribution in [0.25, 0.3) is 0 Å². The fourth-order valence-corrected chi connectivity index (χ4v) is 1.53. The fraction of sp³-hybridized carbons (Fsp3) is 0.417. The number of halogens is 1. The maximum atomic E-state index is 13.5. The third-order valence-corrected chi connectivity index (χ3v) is 2.28. The van der Waals surface area contributed by atoms with Crippen LogP contribution in [-0.2, 0) is 9.53 Å². The molecular weight excluding hydrogens is 227 g/mol. The molecule has 94 valence electrons. The van der Waals surface area contributed by atoms with E-state index in [1.807, 2.05) is 0 Å². The first-order chi connectivity index (χ1) is 8.01. The molecule has 1 atom stereocenters. The molecule has 0 bridgehead atoms. The monoisotopic (exact) mass is 242 g/mol. The van der Waals surface area contributed by atoms with Crippen LogP contribution in [0.1, 0.15) is 24.2 Å². The minimum Gasteiger partial charge on any atom is -0.493 e. The molecule has 0 saturated heterocycles. The minimum absolute atomic E-state index is 0.102. The van der Waals surface area contributed by atoms with Crippen molar-refractivity contribution in [2.75, 3.05) is 13.7 Å². The van der Waals surface area contributed by atoms with Crippen LogP contribution in [0.15, 0.2) is 12.1 Å². The summed E-state index contributed by atoms with van der Waals surface area (Å²) in [6.07, 6.45) is -1.48. The molecule has 1 unspecified atom stereocenters. The molecule has 0 saturated carbocycles. The van der Waals surface area contributed by atoms with Crippen molar-refractivity contribution in [3.05, 3.63) is 29.1 Å². The van der Waals surface area contributed by atoms with Crippen LogP contribution in [0, 0.1) is 12.7 Å². The summed E-state index contributed by atoms with van der Waals surface area (Å²) >= 11 is 0. The van der Waals surface area contributed by atoms with Gasteiger partial charge in [-0.2, -0.15) is 0 Å². The summed E-state index contributed by atoms with van der Waals surface area (Å²) < 4.78 is 23.0. The van der Waals surface area contributed by atoms with Gasteiger partial charge >= 0.3 is 5.97 Å². The van der Waals surface area contributed by atoms with Crippen LogP contribution in [0.4, 0.5) is 4.39 Å². The van der Waals surface area contributed by atoms with Crippen LogP contribution in [0.2, 0.25) is 0 Å². The molecule has 4 nitrogen and oxygen atoms in total. The molecule has 1 N–H and O–H groups in total. The molecule has 0 heterocycles. The summed E-state index contributed by atoms with van der Waals surface area (Å²) in [5.41, 5.74) is 0.657. The number of ether oxygens (including phenoxy) is 2. The number of benzene rings is 1. The smallest absolute Gasteiger partial charge is 0.339 e. The highest BCUT2D eigenvalue weighted by Gasteiger charge is 2.21. The van der Waals surface area contributed by atoms with Crippen LogP contribution in [-0.4, -0.2) is 24.8 Å². The number of aliphatic hydroxyl groups is 1. The molecule has 0 aromatic heterocycles. The van der Waals surface area contributed by atoms with Gasteiger partial charge in [0.05, 0.1) is 13.7 Å². The SMILES string of the molecule is CCOC(=O)C(O)c1cc(C)c(OC)c(F)c1. The summed E-state index contributed by atoms with van der Waals surface area (Å²) in [6, 6.07) is 2.55. The van der Waals surface area contributed by atoms with E-state index < -0.39 is 17.9 Å². The molecule has 0 amide bonds. The van der Waals surface area contributed by atoms with Crippen molar-refractivity contribution in [2.24, 2.45) is 0 Å². The van der Waals surface area contributed by atoms with E-state index >= 15 is 0 Å². The second kappa shape index (κ2) is 5.63. The second-order valence-electron chi connectivity index (χ2n) is 3.51. The highest BCUT2D eigenvalue weighted by Crippen LogP contribution is 2.26. The second-order valence-corrected chi connectivity index (χ2v) is 3.51.